The SMILES string of the molecule is O=S(=O)(Cl)Cc1onc2cc(Cl)ccc12. The first-order chi connectivity index (χ1) is 6.96. The molecule has 0 aliphatic heterocycles. The van der Waals surface area contributed by atoms with E-state index in [4.69, 9.17) is 26.8 Å². The van der Waals surface area contributed by atoms with Gasteiger partial charge in [-0.25, -0.2) is 8.42 Å². The second-order valence-electron chi connectivity index (χ2n) is 2.95. The summed E-state index contributed by atoms with van der Waals surface area (Å²) in [5.41, 5.74) is 0.512. The number of nitrogens with zero attached hydrogens (tertiary/aromatic N) is 1. The molecule has 7 heteroatoms. The molecule has 80 valence electrons. The highest BCUT2D eigenvalue weighted by atomic mass is 35.7. The van der Waals surface area contributed by atoms with E-state index >= 15 is 0 Å². The Balaban J connectivity index is 2.55. The Morgan fingerprint density at radius 2 is 2.13 bits per heavy atom. The van der Waals surface area contributed by atoms with Crippen molar-refractivity contribution in [3.05, 3.63) is 29.0 Å². The van der Waals surface area contributed by atoms with Gasteiger partial charge in [0.25, 0.3) is 0 Å². The maximum atomic E-state index is 10.9. The van der Waals surface area contributed by atoms with E-state index in [2.05, 4.69) is 5.16 Å². The van der Waals surface area contributed by atoms with Crippen molar-refractivity contribution < 1.29 is 12.9 Å². The van der Waals surface area contributed by atoms with E-state index in [-0.39, 0.29) is 11.5 Å². The van der Waals surface area contributed by atoms with Gasteiger partial charge in [0.05, 0.1) is 0 Å². The van der Waals surface area contributed by atoms with E-state index < -0.39 is 9.05 Å². The van der Waals surface area contributed by atoms with Gasteiger partial charge in [-0.15, -0.1) is 0 Å². The van der Waals surface area contributed by atoms with Gasteiger partial charge in [0.15, 0.2) is 5.76 Å². The summed E-state index contributed by atoms with van der Waals surface area (Å²) < 4.78 is 26.6. The fourth-order valence-corrected chi connectivity index (χ4v) is 2.22. The number of rotatable bonds is 2. The number of hydrogen-bond acceptors (Lipinski definition) is 4. The van der Waals surface area contributed by atoms with Crippen LogP contribution in [0.25, 0.3) is 10.9 Å². The highest BCUT2D eigenvalue weighted by Crippen LogP contribution is 2.24. The average molecular weight is 266 g/mol. The first-order valence-corrected chi connectivity index (χ1v) is 6.77. The second-order valence-corrected chi connectivity index (χ2v) is 6.16. The van der Waals surface area contributed by atoms with Gasteiger partial charge in [0.1, 0.15) is 11.3 Å². The number of aromatic nitrogens is 1. The topological polar surface area (TPSA) is 60.2 Å². The Morgan fingerprint density at radius 1 is 1.40 bits per heavy atom. The summed E-state index contributed by atoms with van der Waals surface area (Å²) in [6, 6.07) is 4.86. The fraction of sp³-hybridized carbons (Fsp3) is 0.125. The lowest BCUT2D eigenvalue weighted by Crippen LogP contribution is -1.93. The maximum Gasteiger partial charge on any atom is 0.240 e. The van der Waals surface area contributed by atoms with Crippen LogP contribution in [0.2, 0.25) is 5.02 Å². The summed E-state index contributed by atoms with van der Waals surface area (Å²) in [5.74, 6) is -0.163. The molecule has 0 N–H and O–H groups in total. The standard InChI is InChI=1S/C8H5Cl2NO3S/c9-5-1-2-6-7(3-5)11-14-8(6)4-15(10,12)13/h1-3H,4H2. The van der Waals surface area contributed by atoms with Crippen LogP contribution in [0.1, 0.15) is 5.76 Å². The Morgan fingerprint density at radius 3 is 2.80 bits per heavy atom. The number of halogens is 2. The molecule has 0 atom stereocenters. The lowest BCUT2D eigenvalue weighted by atomic mass is 10.2. The lowest BCUT2D eigenvalue weighted by Gasteiger charge is -1.92. The summed E-state index contributed by atoms with van der Waals surface area (Å²) in [7, 11) is 1.47. The van der Waals surface area contributed by atoms with Crippen molar-refractivity contribution in [2.45, 2.75) is 5.75 Å². The molecule has 0 saturated carbocycles. The van der Waals surface area contributed by atoms with Crippen LogP contribution in [-0.2, 0) is 14.8 Å². The highest BCUT2D eigenvalue weighted by molar-refractivity contribution is 8.13. The van der Waals surface area contributed by atoms with Crippen molar-refractivity contribution in [1.82, 2.24) is 5.16 Å². The third-order valence-corrected chi connectivity index (χ3v) is 2.99. The minimum absolute atomic E-state index is 0.219. The smallest absolute Gasteiger partial charge is 0.240 e. The third-order valence-electron chi connectivity index (χ3n) is 1.82. The molecule has 2 aromatic rings. The first-order valence-electron chi connectivity index (χ1n) is 3.92. The summed E-state index contributed by atoms with van der Waals surface area (Å²) in [6.45, 7) is 0. The molecule has 1 heterocycles. The van der Waals surface area contributed by atoms with Crippen LogP contribution < -0.4 is 0 Å². The molecule has 0 bridgehead atoms. The van der Waals surface area contributed by atoms with Crippen molar-refractivity contribution in [3.8, 4) is 0 Å². The molecule has 0 aliphatic carbocycles. The Bertz CT molecular complexity index is 605. The van der Waals surface area contributed by atoms with Crippen LogP contribution in [0.15, 0.2) is 22.7 Å². The minimum atomic E-state index is -3.64. The van der Waals surface area contributed by atoms with Crippen LogP contribution in [0, 0.1) is 0 Å². The second kappa shape index (κ2) is 3.66. The maximum absolute atomic E-state index is 10.9. The number of benzene rings is 1. The van der Waals surface area contributed by atoms with Gasteiger partial charge in [-0.2, -0.15) is 0 Å². The zero-order chi connectivity index (χ0) is 11.1. The quantitative estimate of drug-likeness (QED) is 0.784. The van der Waals surface area contributed by atoms with Gasteiger partial charge in [-0.05, 0) is 18.2 Å². The number of fused-ring (bicyclic) bond motifs is 1. The summed E-state index contributed by atoms with van der Waals surface area (Å²) >= 11 is 5.74. The van der Waals surface area contributed by atoms with Crippen LogP contribution >= 0.6 is 22.3 Å². The van der Waals surface area contributed by atoms with Gasteiger partial charge in [0, 0.05) is 21.1 Å². The van der Waals surface area contributed by atoms with Crippen molar-refractivity contribution >= 4 is 42.2 Å². The molecule has 0 spiro atoms. The molecule has 0 fully saturated rings. The fourth-order valence-electron chi connectivity index (χ4n) is 1.23. The Hall–Kier alpha value is -0.780. The van der Waals surface area contributed by atoms with Crippen molar-refractivity contribution in [1.29, 1.82) is 0 Å². The first kappa shape index (κ1) is 10.7. The number of hydrogen-bond donors (Lipinski definition) is 0. The van der Waals surface area contributed by atoms with Gasteiger partial charge in [0.2, 0.25) is 9.05 Å². The lowest BCUT2D eigenvalue weighted by molar-refractivity contribution is 0.401. The molecule has 4 nitrogen and oxygen atoms in total. The van der Waals surface area contributed by atoms with Crippen molar-refractivity contribution in [2.75, 3.05) is 0 Å². The van der Waals surface area contributed by atoms with Crippen molar-refractivity contribution in [3.63, 3.8) is 0 Å². The van der Waals surface area contributed by atoms with E-state index in [1.165, 1.54) is 0 Å². The van der Waals surface area contributed by atoms with Gasteiger partial charge >= 0.3 is 0 Å². The highest BCUT2D eigenvalue weighted by Gasteiger charge is 2.15. The monoisotopic (exact) mass is 265 g/mol. The summed E-state index contributed by atoms with van der Waals surface area (Å²) in [6.07, 6.45) is 0. The molecule has 0 aliphatic rings. The molecular formula is C8H5Cl2NO3S. The Kier molecular flexibility index (Phi) is 2.62. The minimum Gasteiger partial charge on any atom is -0.359 e. The van der Waals surface area contributed by atoms with E-state index in [0.717, 1.165) is 0 Å². The molecule has 1 aromatic carbocycles. The zero-order valence-electron chi connectivity index (χ0n) is 7.28. The normalized spacial score (nSPS) is 12.1. The largest absolute Gasteiger partial charge is 0.359 e. The van der Waals surface area contributed by atoms with E-state index in [1.807, 2.05) is 0 Å². The van der Waals surface area contributed by atoms with Gasteiger partial charge < -0.3 is 4.52 Å². The average Bonchev–Trinajstić information content (AvgIpc) is 2.45. The molecule has 0 saturated heterocycles. The predicted octanol–water partition coefficient (Wildman–Crippen LogP) is 2.55. The zero-order valence-corrected chi connectivity index (χ0v) is 9.60. The molecular weight excluding hydrogens is 261 g/mol. The summed E-state index contributed by atoms with van der Waals surface area (Å²) in [4.78, 5) is 0. The third kappa shape index (κ3) is 2.42. The van der Waals surface area contributed by atoms with Crippen LogP contribution in [0.4, 0.5) is 0 Å². The van der Waals surface area contributed by atoms with Crippen molar-refractivity contribution in [2.24, 2.45) is 0 Å². The molecule has 0 unspecified atom stereocenters. The molecule has 15 heavy (non-hydrogen) atoms. The molecule has 0 amide bonds. The predicted molar refractivity (Wildman–Crippen MR) is 57.5 cm³/mol. The summed E-state index contributed by atoms with van der Waals surface area (Å²) in [5, 5.41) is 4.79. The Labute approximate surface area is 95.2 Å². The molecule has 0 radical (unpaired) electrons. The van der Waals surface area contributed by atoms with E-state index in [1.54, 1.807) is 18.2 Å². The molecule has 1 aromatic heterocycles. The van der Waals surface area contributed by atoms with Crippen LogP contribution in [-0.4, -0.2) is 13.6 Å². The van der Waals surface area contributed by atoms with Gasteiger partial charge in [-0.1, -0.05) is 16.8 Å². The van der Waals surface area contributed by atoms with Crippen LogP contribution in [0.5, 0.6) is 0 Å². The van der Waals surface area contributed by atoms with E-state index in [9.17, 15) is 8.42 Å². The van der Waals surface area contributed by atoms with Gasteiger partial charge in [-0.3, -0.25) is 0 Å². The molecule has 2 rings (SSSR count). The van der Waals surface area contributed by atoms with E-state index in [0.29, 0.717) is 15.9 Å². The van der Waals surface area contributed by atoms with Crippen LogP contribution in [0.3, 0.4) is 0 Å².